The molecular formula is C10H17Cl2NO3Si. The number of carbonyl (C=O) groups excluding carboxylic acids is 2. The van der Waals surface area contributed by atoms with Crippen LogP contribution in [0.25, 0.3) is 0 Å². The number of methoxy groups -OCH3 is 1. The third-order valence-electron chi connectivity index (χ3n) is 3.06. The molecule has 1 aliphatic heterocycles. The molecule has 4 nitrogen and oxygen atoms in total. The molecule has 0 spiro atoms. The minimum atomic E-state index is -0.771. The average molecular weight is 298 g/mol. The fraction of sp³-hybridized carbons (Fsp3) is 0.800. The van der Waals surface area contributed by atoms with Crippen LogP contribution < -0.4 is 0 Å². The zero-order valence-corrected chi connectivity index (χ0v) is 12.9. The maximum absolute atomic E-state index is 11.8. The molecule has 1 heterocycles. The van der Waals surface area contributed by atoms with Crippen LogP contribution in [0.15, 0.2) is 0 Å². The first-order chi connectivity index (χ1) is 7.99. The lowest BCUT2D eigenvalue weighted by Crippen LogP contribution is -2.42. The van der Waals surface area contributed by atoms with E-state index in [9.17, 15) is 9.59 Å². The number of likely N-dealkylation sites (tertiary alicyclic amines) is 1. The van der Waals surface area contributed by atoms with Crippen LogP contribution in [0, 0.1) is 5.92 Å². The third-order valence-corrected chi connectivity index (χ3v) is 6.04. The van der Waals surface area contributed by atoms with E-state index in [0.29, 0.717) is 6.54 Å². The highest BCUT2D eigenvalue weighted by Gasteiger charge is 2.38. The normalized spacial score (nSPS) is 22.8. The van der Waals surface area contributed by atoms with Crippen molar-refractivity contribution >= 4 is 44.6 Å². The Bertz CT molecular complexity index is 301. The first kappa shape index (κ1) is 14.8. The van der Waals surface area contributed by atoms with E-state index in [-0.39, 0.29) is 34.3 Å². The van der Waals surface area contributed by atoms with Crippen LogP contribution in [-0.4, -0.2) is 50.1 Å². The van der Waals surface area contributed by atoms with Crippen LogP contribution in [0.2, 0.25) is 0 Å². The predicted octanol–water partition coefficient (Wildman–Crippen LogP) is 0.674. The molecule has 7 heteroatoms. The Morgan fingerprint density at radius 2 is 2.29 bits per heavy atom. The van der Waals surface area contributed by atoms with E-state index in [1.165, 1.54) is 7.11 Å². The molecule has 1 saturated heterocycles. The summed E-state index contributed by atoms with van der Waals surface area (Å²) in [6.07, 6.45) is 1.08. The molecule has 0 aliphatic carbocycles. The summed E-state index contributed by atoms with van der Waals surface area (Å²) in [6.45, 7) is 2.45. The maximum atomic E-state index is 11.8. The smallest absolute Gasteiger partial charge is 0.310 e. The minimum Gasteiger partial charge on any atom is -0.469 e. The highest BCUT2D eigenvalue weighted by Crippen LogP contribution is 2.23. The van der Waals surface area contributed by atoms with Gasteiger partial charge < -0.3 is 9.64 Å². The molecule has 0 aromatic rings. The SMILES string of the molecule is CCC([SiH2]C(Cl)Cl)N1CC(C(=O)OC)CC1=O. The van der Waals surface area contributed by atoms with Gasteiger partial charge in [0.25, 0.3) is 0 Å². The van der Waals surface area contributed by atoms with Gasteiger partial charge in [-0.1, -0.05) is 6.92 Å². The van der Waals surface area contributed by atoms with Crippen molar-refractivity contribution in [2.45, 2.75) is 29.9 Å². The van der Waals surface area contributed by atoms with Crippen molar-refractivity contribution in [2.75, 3.05) is 13.7 Å². The van der Waals surface area contributed by atoms with Gasteiger partial charge in [0.2, 0.25) is 5.91 Å². The van der Waals surface area contributed by atoms with Crippen LogP contribution >= 0.6 is 23.2 Å². The van der Waals surface area contributed by atoms with Crippen LogP contribution in [-0.2, 0) is 14.3 Å². The number of alkyl halides is 2. The number of hydrogen-bond donors (Lipinski definition) is 0. The molecule has 0 aromatic heterocycles. The molecule has 2 unspecified atom stereocenters. The molecular weight excluding hydrogens is 281 g/mol. The molecule has 17 heavy (non-hydrogen) atoms. The number of esters is 1. The second kappa shape index (κ2) is 6.61. The van der Waals surface area contributed by atoms with Crippen LogP contribution in [0.4, 0.5) is 0 Å². The fourth-order valence-electron chi connectivity index (χ4n) is 2.13. The molecule has 1 amide bonds. The number of rotatable bonds is 5. The van der Waals surface area contributed by atoms with Gasteiger partial charge in [-0.05, 0) is 6.42 Å². The van der Waals surface area contributed by atoms with Gasteiger partial charge in [0.15, 0.2) is 0 Å². The molecule has 0 bridgehead atoms. The molecule has 2 atom stereocenters. The molecule has 98 valence electrons. The Balaban J connectivity index is 2.65. The Hall–Kier alpha value is -0.263. The Kier molecular flexibility index (Phi) is 5.75. The van der Waals surface area contributed by atoms with Gasteiger partial charge in [0.05, 0.1) is 27.0 Å². The average Bonchev–Trinajstić information content (AvgIpc) is 2.67. The lowest BCUT2D eigenvalue weighted by Gasteiger charge is -2.27. The Morgan fingerprint density at radius 1 is 1.65 bits per heavy atom. The summed E-state index contributed by atoms with van der Waals surface area (Å²) < 4.78 is 4.31. The van der Waals surface area contributed by atoms with Crippen molar-refractivity contribution in [3.8, 4) is 0 Å². The van der Waals surface area contributed by atoms with E-state index in [2.05, 4.69) is 4.74 Å². The fourth-order valence-corrected chi connectivity index (χ4v) is 4.71. The van der Waals surface area contributed by atoms with Gasteiger partial charge in [-0.3, -0.25) is 9.59 Å². The molecule has 1 rings (SSSR count). The molecule has 1 fully saturated rings. The van der Waals surface area contributed by atoms with Gasteiger partial charge in [-0.25, -0.2) is 0 Å². The highest BCUT2D eigenvalue weighted by atomic mass is 35.5. The summed E-state index contributed by atoms with van der Waals surface area (Å²) in [5.41, 5.74) is 0.136. The largest absolute Gasteiger partial charge is 0.469 e. The topological polar surface area (TPSA) is 46.6 Å². The zero-order valence-electron chi connectivity index (χ0n) is 9.99. The predicted molar refractivity (Wildman–Crippen MR) is 70.0 cm³/mol. The number of amides is 1. The van der Waals surface area contributed by atoms with Crippen molar-refractivity contribution in [1.82, 2.24) is 4.90 Å². The van der Waals surface area contributed by atoms with Gasteiger partial charge in [0.1, 0.15) is 0 Å². The van der Waals surface area contributed by atoms with Gasteiger partial charge in [-0.2, -0.15) is 0 Å². The monoisotopic (exact) mass is 297 g/mol. The van der Waals surface area contributed by atoms with Crippen molar-refractivity contribution in [3.63, 3.8) is 0 Å². The van der Waals surface area contributed by atoms with Crippen molar-refractivity contribution in [3.05, 3.63) is 0 Å². The number of ether oxygens (including phenoxy) is 1. The molecule has 1 aliphatic rings. The Labute approximate surface area is 113 Å². The second-order valence-corrected chi connectivity index (χ2v) is 8.70. The van der Waals surface area contributed by atoms with E-state index >= 15 is 0 Å². The van der Waals surface area contributed by atoms with Crippen LogP contribution in [0.5, 0.6) is 0 Å². The molecule has 0 N–H and O–H groups in total. The summed E-state index contributed by atoms with van der Waals surface area (Å²) in [7, 11) is 0.572. The number of carbonyl (C=O) groups is 2. The molecule has 0 aromatic carbocycles. The maximum Gasteiger partial charge on any atom is 0.310 e. The van der Waals surface area contributed by atoms with E-state index in [4.69, 9.17) is 23.2 Å². The van der Waals surface area contributed by atoms with Crippen molar-refractivity contribution in [2.24, 2.45) is 5.92 Å². The molecule has 0 saturated carbocycles. The van der Waals surface area contributed by atoms with E-state index in [1.54, 1.807) is 4.90 Å². The van der Waals surface area contributed by atoms with Crippen LogP contribution in [0.3, 0.4) is 0 Å². The van der Waals surface area contributed by atoms with Crippen LogP contribution in [0.1, 0.15) is 19.8 Å². The summed E-state index contributed by atoms with van der Waals surface area (Å²) in [6, 6.07) is 0. The number of halogens is 2. The standard InChI is InChI=1S/C10H17Cl2NO3Si/c1-3-8(17-10(11)12)13-5-6(4-7(13)14)9(15)16-2/h6,8,10H,3-5,17H2,1-2H3. The summed E-state index contributed by atoms with van der Waals surface area (Å²) in [4.78, 5) is 25.0. The zero-order chi connectivity index (χ0) is 13.0. The first-order valence-electron chi connectivity index (χ1n) is 5.65. The lowest BCUT2D eigenvalue weighted by molar-refractivity contribution is -0.145. The lowest BCUT2D eigenvalue weighted by atomic mass is 10.1. The van der Waals surface area contributed by atoms with Gasteiger partial charge >= 0.3 is 5.97 Å². The Morgan fingerprint density at radius 3 is 2.76 bits per heavy atom. The van der Waals surface area contributed by atoms with E-state index in [0.717, 1.165) is 6.42 Å². The summed E-state index contributed by atoms with van der Waals surface area (Å²) in [5.74, 6) is -0.640. The highest BCUT2D eigenvalue weighted by molar-refractivity contribution is 6.69. The van der Waals surface area contributed by atoms with Crippen molar-refractivity contribution < 1.29 is 14.3 Å². The molecule has 0 radical (unpaired) electrons. The van der Waals surface area contributed by atoms with Crippen molar-refractivity contribution in [1.29, 1.82) is 0 Å². The number of hydrogen-bond acceptors (Lipinski definition) is 3. The minimum absolute atomic E-state index is 0.00809. The third kappa shape index (κ3) is 3.86. The van der Waals surface area contributed by atoms with Gasteiger partial charge in [-0.15, -0.1) is 23.2 Å². The van der Waals surface area contributed by atoms with Gasteiger partial charge in [0, 0.05) is 18.6 Å². The first-order valence-corrected chi connectivity index (χ1v) is 8.15. The summed E-state index contributed by atoms with van der Waals surface area (Å²) in [5, 5.41) is 0. The number of nitrogens with zero attached hydrogens (tertiary/aromatic N) is 1. The summed E-state index contributed by atoms with van der Waals surface area (Å²) >= 11 is 11.6. The quantitative estimate of drug-likeness (QED) is 0.426. The second-order valence-electron chi connectivity index (χ2n) is 4.16. The van der Waals surface area contributed by atoms with E-state index in [1.807, 2.05) is 6.92 Å². The van der Waals surface area contributed by atoms with E-state index < -0.39 is 9.52 Å².